The fourth-order valence-corrected chi connectivity index (χ4v) is 3.65. The summed E-state index contributed by atoms with van der Waals surface area (Å²) in [6.07, 6.45) is 4.35. The second kappa shape index (κ2) is 10.6. The molecule has 0 bridgehead atoms. The Bertz CT molecular complexity index is 796. The van der Waals surface area contributed by atoms with Gasteiger partial charge in [0.1, 0.15) is 12.0 Å². The number of hydrogen-bond donors (Lipinski definition) is 1. The molecule has 0 atom stereocenters. The third-order valence-electron chi connectivity index (χ3n) is 5.34. The summed E-state index contributed by atoms with van der Waals surface area (Å²) in [4.78, 5) is 25.6. The van der Waals surface area contributed by atoms with Gasteiger partial charge in [-0.3, -0.25) is 9.59 Å². The van der Waals surface area contributed by atoms with Gasteiger partial charge in [-0.15, -0.1) is 0 Å². The molecule has 1 N–H and O–H groups in total. The molecule has 1 aliphatic heterocycles. The van der Waals surface area contributed by atoms with E-state index in [1.165, 1.54) is 5.56 Å². The lowest BCUT2D eigenvalue weighted by Gasteiger charge is -2.33. The van der Waals surface area contributed by atoms with Gasteiger partial charge in [0.25, 0.3) is 0 Å². The van der Waals surface area contributed by atoms with E-state index in [1.54, 1.807) is 0 Å². The smallest absolute Gasteiger partial charge is 0.223 e. The molecule has 1 heterocycles. The van der Waals surface area contributed by atoms with Crippen molar-refractivity contribution in [2.24, 2.45) is 5.92 Å². The molecule has 1 fully saturated rings. The van der Waals surface area contributed by atoms with E-state index in [0.29, 0.717) is 12.1 Å². The lowest BCUT2D eigenvalue weighted by Crippen LogP contribution is -2.41. The number of anilines is 1. The quantitative estimate of drug-likeness (QED) is 0.656. The predicted octanol–water partition coefficient (Wildman–Crippen LogP) is 3.86. The number of nitrogens with one attached hydrogen (secondary N) is 1. The largest absolute Gasteiger partial charge is 0.494 e. The third-order valence-corrected chi connectivity index (χ3v) is 5.34. The number of carbonyl (C=O) groups excluding carboxylic acids is 2. The molecule has 2 aromatic rings. The number of carbonyl (C=O) groups is 2. The van der Waals surface area contributed by atoms with E-state index in [-0.39, 0.29) is 11.8 Å². The van der Waals surface area contributed by atoms with Crippen molar-refractivity contribution in [1.29, 1.82) is 0 Å². The number of ether oxygens (including phenoxy) is 1. The molecule has 154 valence electrons. The van der Waals surface area contributed by atoms with Crippen molar-refractivity contribution in [3.63, 3.8) is 0 Å². The summed E-state index contributed by atoms with van der Waals surface area (Å²) in [5.74, 6) is 1.11. The van der Waals surface area contributed by atoms with Crippen molar-refractivity contribution in [3.05, 3.63) is 59.7 Å². The van der Waals surface area contributed by atoms with E-state index in [0.717, 1.165) is 63.1 Å². The topological polar surface area (TPSA) is 58.6 Å². The first kappa shape index (κ1) is 20.9. The van der Waals surface area contributed by atoms with E-state index in [2.05, 4.69) is 29.3 Å². The monoisotopic (exact) mass is 394 g/mol. The molecule has 0 radical (unpaired) electrons. The van der Waals surface area contributed by atoms with E-state index < -0.39 is 0 Å². The van der Waals surface area contributed by atoms with Crippen molar-refractivity contribution in [3.8, 4) is 5.75 Å². The average molecular weight is 395 g/mol. The molecule has 1 saturated heterocycles. The number of aldehydes is 1. The maximum absolute atomic E-state index is 12.5. The highest BCUT2D eigenvalue weighted by Crippen LogP contribution is 2.23. The Kier molecular flexibility index (Phi) is 7.68. The Morgan fingerprint density at radius 2 is 1.93 bits per heavy atom. The highest BCUT2D eigenvalue weighted by atomic mass is 16.5. The van der Waals surface area contributed by atoms with Crippen molar-refractivity contribution in [2.75, 3.05) is 31.1 Å². The molecule has 5 nitrogen and oxygen atoms in total. The molecule has 3 rings (SSSR count). The molecule has 5 heteroatoms. The van der Waals surface area contributed by atoms with Crippen LogP contribution in [0, 0.1) is 5.92 Å². The van der Waals surface area contributed by atoms with Crippen LogP contribution in [0.5, 0.6) is 5.75 Å². The number of nitrogens with zero attached hydrogens (tertiary/aromatic N) is 1. The van der Waals surface area contributed by atoms with Gasteiger partial charge in [-0.05, 0) is 67.6 Å². The van der Waals surface area contributed by atoms with Gasteiger partial charge in [-0.1, -0.05) is 19.1 Å². The Morgan fingerprint density at radius 3 is 2.62 bits per heavy atom. The normalized spacial score (nSPS) is 14.4. The van der Waals surface area contributed by atoms with Crippen molar-refractivity contribution in [2.45, 2.75) is 32.6 Å². The van der Waals surface area contributed by atoms with Crippen LogP contribution in [0.1, 0.15) is 42.1 Å². The van der Waals surface area contributed by atoms with Crippen molar-refractivity contribution in [1.82, 2.24) is 5.32 Å². The highest BCUT2D eigenvalue weighted by molar-refractivity contribution is 5.79. The highest BCUT2D eigenvalue weighted by Gasteiger charge is 2.24. The minimum absolute atomic E-state index is 0.0692. The van der Waals surface area contributed by atoms with Crippen LogP contribution in [-0.4, -0.2) is 38.4 Å². The van der Waals surface area contributed by atoms with Gasteiger partial charge in [0.2, 0.25) is 5.91 Å². The van der Waals surface area contributed by atoms with Crippen LogP contribution in [0.3, 0.4) is 0 Å². The Labute approximate surface area is 173 Å². The summed E-state index contributed by atoms with van der Waals surface area (Å²) in [7, 11) is 0. The van der Waals surface area contributed by atoms with Gasteiger partial charge in [-0.2, -0.15) is 0 Å². The maximum Gasteiger partial charge on any atom is 0.223 e. The average Bonchev–Trinajstić information content (AvgIpc) is 2.78. The SMILES string of the molecule is CCCOc1cccc(CCNC(=O)C2CCN(c3ccc(C=O)cc3)CC2)c1. The van der Waals surface area contributed by atoms with Crippen molar-refractivity contribution < 1.29 is 14.3 Å². The van der Waals surface area contributed by atoms with E-state index >= 15 is 0 Å². The molecule has 2 aromatic carbocycles. The summed E-state index contributed by atoms with van der Waals surface area (Å²) in [5, 5.41) is 3.10. The zero-order valence-corrected chi connectivity index (χ0v) is 17.1. The lowest BCUT2D eigenvalue weighted by atomic mass is 9.95. The molecule has 0 aromatic heterocycles. The third kappa shape index (κ3) is 6.08. The first-order valence-corrected chi connectivity index (χ1v) is 10.5. The van der Waals surface area contributed by atoms with Gasteiger partial charge < -0.3 is 15.0 Å². The maximum atomic E-state index is 12.5. The van der Waals surface area contributed by atoms with Crippen LogP contribution < -0.4 is 15.0 Å². The zero-order chi connectivity index (χ0) is 20.5. The number of benzene rings is 2. The second-order valence-electron chi connectivity index (χ2n) is 7.51. The minimum atomic E-state index is 0.0692. The molecule has 0 spiro atoms. The van der Waals surface area contributed by atoms with Crippen LogP contribution in [-0.2, 0) is 11.2 Å². The molecule has 29 heavy (non-hydrogen) atoms. The number of hydrogen-bond acceptors (Lipinski definition) is 4. The molecular weight excluding hydrogens is 364 g/mol. The predicted molar refractivity (Wildman–Crippen MR) is 116 cm³/mol. The fraction of sp³-hybridized carbons (Fsp3) is 0.417. The molecular formula is C24H30N2O3. The van der Waals surface area contributed by atoms with E-state index in [1.807, 2.05) is 36.4 Å². The Balaban J connectivity index is 1.41. The first-order valence-electron chi connectivity index (χ1n) is 10.5. The van der Waals surface area contributed by atoms with Crippen molar-refractivity contribution >= 4 is 17.9 Å². The van der Waals surface area contributed by atoms with Gasteiger partial charge in [-0.25, -0.2) is 0 Å². The van der Waals surface area contributed by atoms with E-state index in [9.17, 15) is 9.59 Å². The first-order chi connectivity index (χ1) is 14.2. The van der Waals surface area contributed by atoms with E-state index in [4.69, 9.17) is 4.74 Å². The molecule has 1 amide bonds. The number of amides is 1. The molecule has 0 unspecified atom stereocenters. The standard InChI is InChI=1S/C24H30N2O3/c1-2-16-29-23-5-3-4-19(17-23)10-13-25-24(28)21-11-14-26(15-12-21)22-8-6-20(18-27)7-9-22/h3-9,17-18,21H,2,10-16H2,1H3,(H,25,28). The van der Waals surface area contributed by atoms with Gasteiger partial charge in [0.15, 0.2) is 0 Å². The van der Waals surface area contributed by atoms with Gasteiger partial charge in [0, 0.05) is 36.8 Å². The number of piperidine rings is 1. The summed E-state index contributed by atoms with van der Waals surface area (Å²) in [6.45, 7) is 5.17. The Hall–Kier alpha value is -2.82. The minimum Gasteiger partial charge on any atom is -0.494 e. The number of rotatable bonds is 9. The summed E-state index contributed by atoms with van der Waals surface area (Å²) in [5.41, 5.74) is 2.97. The van der Waals surface area contributed by atoms with Crippen LogP contribution in [0.25, 0.3) is 0 Å². The summed E-state index contributed by atoms with van der Waals surface area (Å²) in [6, 6.07) is 15.7. The lowest BCUT2D eigenvalue weighted by molar-refractivity contribution is -0.125. The van der Waals surface area contributed by atoms with Gasteiger partial charge in [0.05, 0.1) is 6.61 Å². The molecule has 0 saturated carbocycles. The zero-order valence-electron chi connectivity index (χ0n) is 17.1. The van der Waals surface area contributed by atoms with Crippen LogP contribution in [0.15, 0.2) is 48.5 Å². The fourth-order valence-electron chi connectivity index (χ4n) is 3.65. The van der Waals surface area contributed by atoms with Crippen LogP contribution in [0.2, 0.25) is 0 Å². The molecule has 1 aliphatic rings. The molecule has 0 aliphatic carbocycles. The summed E-state index contributed by atoms with van der Waals surface area (Å²) < 4.78 is 5.67. The Morgan fingerprint density at radius 1 is 1.17 bits per heavy atom. The van der Waals surface area contributed by atoms with Crippen LogP contribution >= 0.6 is 0 Å². The summed E-state index contributed by atoms with van der Waals surface area (Å²) >= 11 is 0. The second-order valence-corrected chi connectivity index (χ2v) is 7.51. The van der Waals surface area contributed by atoms with Gasteiger partial charge >= 0.3 is 0 Å². The van der Waals surface area contributed by atoms with Crippen LogP contribution in [0.4, 0.5) is 5.69 Å².